The van der Waals surface area contributed by atoms with Crippen LogP contribution in [0.5, 0.6) is 5.75 Å². The largest absolute Gasteiger partial charge is 0.507 e. The van der Waals surface area contributed by atoms with Crippen molar-refractivity contribution in [1.29, 1.82) is 0 Å². The van der Waals surface area contributed by atoms with Gasteiger partial charge >= 0.3 is 0 Å². The summed E-state index contributed by atoms with van der Waals surface area (Å²) in [4.78, 5) is 23.3. The predicted octanol–water partition coefficient (Wildman–Crippen LogP) is 2.64. The number of hydrogen-bond acceptors (Lipinski definition) is 3. The lowest BCUT2D eigenvalue weighted by molar-refractivity contribution is -0.115. The fourth-order valence-corrected chi connectivity index (χ4v) is 1.67. The van der Waals surface area contributed by atoms with Crippen molar-refractivity contribution in [2.45, 2.75) is 0 Å². The van der Waals surface area contributed by atoms with Crippen LogP contribution < -0.4 is 5.32 Å². The molecular formula is C16H11F2NO3. The Morgan fingerprint density at radius 2 is 1.77 bits per heavy atom. The first-order valence-corrected chi connectivity index (χ1v) is 6.24. The normalized spacial score (nSPS) is 10.6. The summed E-state index contributed by atoms with van der Waals surface area (Å²) in [6, 6.07) is 8.89. The minimum Gasteiger partial charge on any atom is -0.507 e. The third kappa shape index (κ3) is 3.76. The standard InChI is InChI=1S/C16H11F2NO3/c17-12-7-5-10(9-13(12)18)6-8-15(21)19-16(22)11-3-1-2-4-14(11)20/h1-9,20H,(H,19,21,22)/b8-6+. The highest BCUT2D eigenvalue weighted by Gasteiger charge is 2.12. The topological polar surface area (TPSA) is 66.4 Å². The molecule has 0 heterocycles. The summed E-state index contributed by atoms with van der Waals surface area (Å²) in [7, 11) is 0. The second kappa shape index (κ2) is 6.62. The Balaban J connectivity index is 2.03. The molecule has 0 aromatic heterocycles. The maximum atomic E-state index is 13.0. The van der Waals surface area contributed by atoms with Gasteiger partial charge in [0.05, 0.1) is 5.56 Å². The summed E-state index contributed by atoms with van der Waals surface area (Å²) in [5.41, 5.74) is 0.223. The molecule has 2 N–H and O–H groups in total. The molecule has 112 valence electrons. The number of carbonyl (C=O) groups is 2. The van der Waals surface area contributed by atoms with Crippen molar-refractivity contribution in [1.82, 2.24) is 5.32 Å². The van der Waals surface area contributed by atoms with Crippen LogP contribution in [0.25, 0.3) is 6.08 Å². The van der Waals surface area contributed by atoms with Crippen molar-refractivity contribution in [3.8, 4) is 5.75 Å². The molecule has 2 aromatic rings. The summed E-state index contributed by atoms with van der Waals surface area (Å²) in [6.07, 6.45) is 2.24. The van der Waals surface area contributed by atoms with E-state index in [-0.39, 0.29) is 16.9 Å². The number of phenolic OH excluding ortho intramolecular Hbond substituents is 1. The van der Waals surface area contributed by atoms with Crippen LogP contribution >= 0.6 is 0 Å². The molecule has 2 rings (SSSR count). The molecule has 2 aromatic carbocycles. The first kappa shape index (κ1) is 15.4. The second-order valence-electron chi connectivity index (χ2n) is 4.34. The molecule has 4 nitrogen and oxygen atoms in total. The molecule has 2 amide bonds. The highest BCUT2D eigenvalue weighted by molar-refractivity contribution is 6.10. The Morgan fingerprint density at radius 3 is 2.45 bits per heavy atom. The van der Waals surface area contributed by atoms with Crippen LogP contribution in [0.4, 0.5) is 8.78 Å². The smallest absolute Gasteiger partial charge is 0.261 e. The molecule has 0 bridgehead atoms. The molecule has 0 atom stereocenters. The van der Waals surface area contributed by atoms with E-state index in [1.165, 1.54) is 36.4 Å². The number of halogens is 2. The third-order valence-corrected chi connectivity index (χ3v) is 2.76. The number of rotatable bonds is 3. The Morgan fingerprint density at radius 1 is 1.05 bits per heavy atom. The summed E-state index contributed by atoms with van der Waals surface area (Å²) < 4.78 is 25.7. The minimum absolute atomic E-state index is 0.0444. The average molecular weight is 303 g/mol. The fourth-order valence-electron chi connectivity index (χ4n) is 1.67. The van der Waals surface area contributed by atoms with Crippen LogP contribution in [0.1, 0.15) is 15.9 Å². The molecule has 0 aliphatic rings. The lowest BCUT2D eigenvalue weighted by atomic mass is 10.2. The Hall–Kier alpha value is -3.02. The van der Waals surface area contributed by atoms with Crippen LogP contribution in [-0.2, 0) is 4.79 Å². The summed E-state index contributed by atoms with van der Waals surface area (Å²) in [6.45, 7) is 0. The summed E-state index contributed by atoms with van der Waals surface area (Å²) >= 11 is 0. The van der Waals surface area contributed by atoms with Crippen LogP contribution in [-0.4, -0.2) is 16.9 Å². The van der Waals surface area contributed by atoms with E-state index in [0.717, 1.165) is 18.2 Å². The molecular weight excluding hydrogens is 292 g/mol. The van der Waals surface area contributed by atoms with E-state index in [4.69, 9.17) is 0 Å². The van der Waals surface area contributed by atoms with Gasteiger partial charge in [0.25, 0.3) is 11.8 Å². The van der Waals surface area contributed by atoms with E-state index in [1.807, 2.05) is 5.32 Å². The number of aromatic hydroxyl groups is 1. The molecule has 0 aliphatic carbocycles. The van der Waals surface area contributed by atoms with E-state index >= 15 is 0 Å². The molecule has 6 heteroatoms. The van der Waals surface area contributed by atoms with Crippen molar-refractivity contribution in [2.24, 2.45) is 0 Å². The van der Waals surface area contributed by atoms with E-state index in [1.54, 1.807) is 0 Å². The number of imide groups is 1. The van der Waals surface area contributed by atoms with Gasteiger partial charge in [0.1, 0.15) is 5.75 Å². The van der Waals surface area contributed by atoms with Crippen LogP contribution in [0, 0.1) is 11.6 Å². The van der Waals surface area contributed by atoms with Gasteiger partial charge in [-0.05, 0) is 35.9 Å². The predicted molar refractivity (Wildman–Crippen MR) is 76.0 cm³/mol. The Bertz CT molecular complexity index is 757. The van der Waals surface area contributed by atoms with E-state index in [9.17, 15) is 23.5 Å². The first-order chi connectivity index (χ1) is 10.5. The van der Waals surface area contributed by atoms with E-state index in [2.05, 4.69) is 0 Å². The molecule has 0 radical (unpaired) electrons. The molecule has 22 heavy (non-hydrogen) atoms. The lowest BCUT2D eigenvalue weighted by Gasteiger charge is -2.03. The molecule has 0 fully saturated rings. The summed E-state index contributed by atoms with van der Waals surface area (Å²) in [5, 5.41) is 11.5. The zero-order valence-electron chi connectivity index (χ0n) is 11.2. The number of carbonyl (C=O) groups excluding carboxylic acids is 2. The van der Waals surface area contributed by atoms with Gasteiger partial charge in [-0.15, -0.1) is 0 Å². The van der Waals surface area contributed by atoms with Crippen LogP contribution in [0.3, 0.4) is 0 Å². The van der Waals surface area contributed by atoms with Gasteiger partial charge < -0.3 is 5.11 Å². The zero-order valence-corrected chi connectivity index (χ0v) is 11.2. The lowest BCUT2D eigenvalue weighted by Crippen LogP contribution is -2.28. The average Bonchev–Trinajstić information content (AvgIpc) is 2.49. The van der Waals surface area contributed by atoms with Crippen molar-refractivity contribution in [3.63, 3.8) is 0 Å². The van der Waals surface area contributed by atoms with Gasteiger partial charge in [-0.3, -0.25) is 14.9 Å². The zero-order chi connectivity index (χ0) is 16.1. The second-order valence-corrected chi connectivity index (χ2v) is 4.34. The Kier molecular flexibility index (Phi) is 4.63. The third-order valence-electron chi connectivity index (χ3n) is 2.76. The number of amides is 2. The van der Waals surface area contributed by atoms with Gasteiger partial charge in [-0.25, -0.2) is 8.78 Å². The number of benzene rings is 2. The van der Waals surface area contributed by atoms with Gasteiger partial charge in [0, 0.05) is 6.08 Å². The highest BCUT2D eigenvalue weighted by Crippen LogP contribution is 2.15. The molecule has 0 aliphatic heterocycles. The maximum Gasteiger partial charge on any atom is 0.261 e. The molecule has 0 saturated heterocycles. The number of nitrogens with one attached hydrogen (secondary N) is 1. The Labute approximate surface area is 124 Å². The molecule has 0 unspecified atom stereocenters. The monoisotopic (exact) mass is 303 g/mol. The van der Waals surface area contributed by atoms with Crippen molar-refractivity contribution >= 4 is 17.9 Å². The van der Waals surface area contributed by atoms with Gasteiger partial charge in [-0.2, -0.15) is 0 Å². The van der Waals surface area contributed by atoms with Crippen molar-refractivity contribution in [2.75, 3.05) is 0 Å². The summed E-state index contributed by atoms with van der Waals surface area (Å²) in [5.74, 6) is -3.79. The molecule has 0 spiro atoms. The fraction of sp³-hybridized carbons (Fsp3) is 0. The van der Waals surface area contributed by atoms with Gasteiger partial charge in [0.2, 0.25) is 0 Å². The quantitative estimate of drug-likeness (QED) is 0.857. The number of phenols is 1. The first-order valence-electron chi connectivity index (χ1n) is 6.24. The number of hydrogen-bond donors (Lipinski definition) is 2. The van der Waals surface area contributed by atoms with Gasteiger partial charge in [-0.1, -0.05) is 18.2 Å². The van der Waals surface area contributed by atoms with E-state index < -0.39 is 23.4 Å². The van der Waals surface area contributed by atoms with Gasteiger partial charge in [0.15, 0.2) is 11.6 Å². The van der Waals surface area contributed by atoms with E-state index in [0.29, 0.717) is 0 Å². The van der Waals surface area contributed by atoms with Crippen molar-refractivity contribution < 1.29 is 23.5 Å². The maximum absolute atomic E-state index is 13.0. The minimum atomic E-state index is -1.03. The van der Waals surface area contributed by atoms with Crippen LogP contribution in [0.2, 0.25) is 0 Å². The van der Waals surface area contributed by atoms with Crippen molar-refractivity contribution in [3.05, 3.63) is 71.3 Å². The van der Waals surface area contributed by atoms with Crippen LogP contribution in [0.15, 0.2) is 48.5 Å². The SMILES string of the molecule is O=C(/C=C/c1ccc(F)c(F)c1)NC(=O)c1ccccc1O. The highest BCUT2D eigenvalue weighted by atomic mass is 19.2. The number of para-hydroxylation sites is 1. The molecule has 0 saturated carbocycles.